The van der Waals surface area contributed by atoms with Gasteiger partial charge in [-0.05, 0) is 55.5 Å². The first-order chi connectivity index (χ1) is 15.2. The number of aliphatic carboxylic acids is 1. The number of thiocarbonyl (C=S) groups is 1. The van der Waals surface area contributed by atoms with Crippen molar-refractivity contribution in [3.8, 4) is 5.75 Å². The summed E-state index contributed by atoms with van der Waals surface area (Å²) in [5, 5.41) is 12.8. The number of nitrogens with zero attached hydrogens (tertiary/aromatic N) is 1. The molecule has 2 amide bonds. The zero-order chi connectivity index (χ0) is 23.4. The zero-order valence-electron chi connectivity index (χ0n) is 16.5. The Balaban J connectivity index is 1.76. The number of benzene rings is 2. The Labute approximate surface area is 203 Å². The molecule has 2 aromatic rings. The lowest BCUT2D eigenvalue weighted by atomic mass is 10.1. The first kappa shape index (κ1) is 24.1. The van der Waals surface area contributed by atoms with E-state index in [2.05, 4.69) is 5.32 Å². The molecule has 32 heavy (non-hydrogen) atoms. The molecule has 1 heterocycles. The third-order valence-corrected chi connectivity index (χ3v) is 6.13. The van der Waals surface area contributed by atoms with Crippen LogP contribution < -0.4 is 10.1 Å². The van der Waals surface area contributed by atoms with Crippen molar-refractivity contribution in [2.24, 2.45) is 0 Å². The molecular weight excluding hydrogens is 495 g/mol. The van der Waals surface area contributed by atoms with Crippen molar-refractivity contribution in [3.63, 3.8) is 0 Å². The van der Waals surface area contributed by atoms with Crippen LogP contribution in [0.15, 0.2) is 47.4 Å². The minimum absolute atomic E-state index is 0.142. The highest BCUT2D eigenvalue weighted by molar-refractivity contribution is 8.26. The van der Waals surface area contributed by atoms with Crippen LogP contribution in [0.4, 0.5) is 5.69 Å². The van der Waals surface area contributed by atoms with Gasteiger partial charge in [-0.25, -0.2) is 4.79 Å². The van der Waals surface area contributed by atoms with Crippen LogP contribution in [-0.4, -0.2) is 44.8 Å². The highest BCUT2D eigenvalue weighted by Crippen LogP contribution is 2.36. The van der Waals surface area contributed by atoms with Gasteiger partial charge in [0.2, 0.25) is 0 Å². The van der Waals surface area contributed by atoms with Gasteiger partial charge in [-0.15, -0.1) is 0 Å². The summed E-state index contributed by atoms with van der Waals surface area (Å²) in [6.07, 6.45) is 1.51. The van der Waals surface area contributed by atoms with Crippen LogP contribution in [0.1, 0.15) is 12.5 Å². The summed E-state index contributed by atoms with van der Waals surface area (Å²) < 4.78 is 5.77. The van der Waals surface area contributed by atoms with Crippen molar-refractivity contribution < 1.29 is 24.2 Å². The maximum Gasteiger partial charge on any atom is 0.326 e. The molecule has 1 saturated heterocycles. The molecule has 2 aromatic carbocycles. The number of anilines is 1. The molecule has 0 radical (unpaired) electrons. The number of carboxylic acid groups (broad SMARTS) is 1. The van der Waals surface area contributed by atoms with Crippen LogP contribution in [0.2, 0.25) is 10.0 Å². The van der Waals surface area contributed by atoms with Crippen molar-refractivity contribution in [2.45, 2.75) is 13.0 Å². The number of rotatable bonds is 7. The van der Waals surface area contributed by atoms with E-state index in [1.165, 1.54) is 13.0 Å². The second-order valence-corrected chi connectivity index (χ2v) is 9.14. The molecule has 0 spiro atoms. The van der Waals surface area contributed by atoms with Gasteiger partial charge in [0.15, 0.2) is 6.61 Å². The molecule has 1 aliphatic heterocycles. The van der Waals surface area contributed by atoms with Crippen molar-refractivity contribution in [2.75, 3.05) is 11.9 Å². The SMILES string of the molecule is CC(C(=O)O)N1C(=O)/C(=C/c2cc(Cl)ccc2OCC(=O)Nc2ccc(Cl)cc2)SC1=S. The summed E-state index contributed by atoms with van der Waals surface area (Å²) in [7, 11) is 0. The van der Waals surface area contributed by atoms with E-state index < -0.39 is 23.8 Å². The lowest BCUT2D eigenvalue weighted by Crippen LogP contribution is -2.41. The van der Waals surface area contributed by atoms with Gasteiger partial charge in [0.1, 0.15) is 16.1 Å². The third-order valence-electron chi connectivity index (χ3n) is 4.31. The summed E-state index contributed by atoms with van der Waals surface area (Å²) in [6, 6.07) is 10.3. The molecule has 0 aliphatic carbocycles. The second-order valence-electron chi connectivity index (χ2n) is 6.59. The molecule has 3 rings (SSSR count). The summed E-state index contributed by atoms with van der Waals surface area (Å²) in [5.74, 6) is -1.77. The summed E-state index contributed by atoms with van der Waals surface area (Å²) in [4.78, 5) is 37.5. The monoisotopic (exact) mass is 510 g/mol. The van der Waals surface area contributed by atoms with Crippen LogP contribution in [-0.2, 0) is 14.4 Å². The highest BCUT2D eigenvalue weighted by atomic mass is 35.5. The number of thioether (sulfide) groups is 1. The molecule has 1 aliphatic rings. The summed E-state index contributed by atoms with van der Waals surface area (Å²) in [5.41, 5.74) is 1.01. The first-order valence-corrected chi connectivity index (χ1v) is 11.1. The number of hydrogen-bond acceptors (Lipinski definition) is 6. The van der Waals surface area contributed by atoms with E-state index in [-0.39, 0.29) is 15.8 Å². The van der Waals surface area contributed by atoms with E-state index in [0.717, 1.165) is 16.7 Å². The van der Waals surface area contributed by atoms with Gasteiger partial charge in [0, 0.05) is 21.3 Å². The van der Waals surface area contributed by atoms with Crippen molar-refractivity contribution in [1.82, 2.24) is 4.90 Å². The van der Waals surface area contributed by atoms with Crippen molar-refractivity contribution in [1.29, 1.82) is 0 Å². The van der Waals surface area contributed by atoms with Gasteiger partial charge in [-0.2, -0.15) is 0 Å². The molecule has 7 nitrogen and oxygen atoms in total. The standard InChI is InChI=1S/C21H16Cl2N2O5S2/c1-11(20(28)29)25-19(27)17(32-21(25)31)9-12-8-14(23)4-7-16(12)30-10-18(26)24-15-5-2-13(22)3-6-15/h2-9,11H,10H2,1H3,(H,24,26)(H,28,29)/b17-9-. The van der Waals surface area contributed by atoms with E-state index in [0.29, 0.717) is 27.0 Å². The molecule has 166 valence electrons. The Bertz CT molecular complexity index is 1120. The number of carbonyl (C=O) groups excluding carboxylic acids is 2. The smallest absolute Gasteiger partial charge is 0.326 e. The van der Waals surface area contributed by atoms with Gasteiger partial charge < -0.3 is 15.2 Å². The van der Waals surface area contributed by atoms with Crippen LogP contribution in [0, 0.1) is 0 Å². The number of nitrogens with one attached hydrogen (secondary N) is 1. The Hall–Kier alpha value is -2.59. The molecule has 2 N–H and O–H groups in total. The molecule has 0 bridgehead atoms. The van der Waals surface area contributed by atoms with E-state index in [9.17, 15) is 19.5 Å². The van der Waals surface area contributed by atoms with E-state index >= 15 is 0 Å². The van der Waals surface area contributed by atoms with Crippen LogP contribution >= 0.6 is 47.2 Å². The number of hydrogen-bond donors (Lipinski definition) is 2. The fourth-order valence-corrected chi connectivity index (χ4v) is 4.42. The third kappa shape index (κ3) is 5.80. The fourth-order valence-electron chi connectivity index (χ4n) is 2.70. The summed E-state index contributed by atoms with van der Waals surface area (Å²) >= 11 is 18.1. The number of carbonyl (C=O) groups is 3. The van der Waals surface area contributed by atoms with Crippen LogP contribution in [0.25, 0.3) is 6.08 Å². The first-order valence-electron chi connectivity index (χ1n) is 9.13. The van der Waals surface area contributed by atoms with Crippen LogP contribution in [0.3, 0.4) is 0 Å². The van der Waals surface area contributed by atoms with Crippen LogP contribution in [0.5, 0.6) is 5.75 Å². The predicted octanol–water partition coefficient (Wildman–Crippen LogP) is 4.69. The quantitative estimate of drug-likeness (QED) is 0.412. The Morgan fingerprint density at radius 1 is 1.22 bits per heavy atom. The Kier molecular flexibility index (Phi) is 7.78. The average Bonchev–Trinajstić information content (AvgIpc) is 3.01. The number of amides is 2. The van der Waals surface area contributed by atoms with E-state index in [1.807, 2.05) is 0 Å². The van der Waals surface area contributed by atoms with Crippen molar-refractivity contribution >= 4 is 81.0 Å². The van der Waals surface area contributed by atoms with Crippen molar-refractivity contribution in [3.05, 3.63) is 63.0 Å². The second kappa shape index (κ2) is 10.4. The zero-order valence-corrected chi connectivity index (χ0v) is 19.6. The van der Waals surface area contributed by atoms with E-state index in [4.69, 9.17) is 40.2 Å². The molecule has 0 saturated carbocycles. The van der Waals surface area contributed by atoms with Gasteiger partial charge in [-0.3, -0.25) is 14.5 Å². The number of ether oxygens (including phenoxy) is 1. The molecular formula is C21H16Cl2N2O5S2. The number of halogens is 2. The molecule has 11 heteroatoms. The largest absolute Gasteiger partial charge is 0.483 e. The molecule has 1 atom stereocenters. The minimum atomic E-state index is -1.17. The maximum absolute atomic E-state index is 12.7. The maximum atomic E-state index is 12.7. The van der Waals surface area contributed by atoms with Gasteiger partial charge in [-0.1, -0.05) is 47.2 Å². The lowest BCUT2D eigenvalue weighted by molar-refractivity contribution is -0.144. The number of carboxylic acids is 1. The molecule has 1 fully saturated rings. The fraction of sp³-hybridized carbons (Fsp3) is 0.143. The Morgan fingerprint density at radius 3 is 2.53 bits per heavy atom. The van der Waals surface area contributed by atoms with Gasteiger partial charge >= 0.3 is 5.97 Å². The lowest BCUT2D eigenvalue weighted by Gasteiger charge is -2.18. The van der Waals surface area contributed by atoms with Gasteiger partial charge in [0.05, 0.1) is 4.91 Å². The topological polar surface area (TPSA) is 95.9 Å². The highest BCUT2D eigenvalue weighted by Gasteiger charge is 2.38. The summed E-state index contributed by atoms with van der Waals surface area (Å²) in [6.45, 7) is 1.09. The predicted molar refractivity (Wildman–Crippen MR) is 129 cm³/mol. The minimum Gasteiger partial charge on any atom is -0.483 e. The average molecular weight is 511 g/mol. The van der Waals surface area contributed by atoms with Gasteiger partial charge in [0.25, 0.3) is 11.8 Å². The normalized spacial score (nSPS) is 15.7. The molecule has 1 unspecified atom stereocenters. The van der Waals surface area contributed by atoms with E-state index in [1.54, 1.807) is 42.5 Å². The molecule has 0 aromatic heterocycles. The Morgan fingerprint density at radius 2 is 1.88 bits per heavy atom.